The lowest BCUT2D eigenvalue weighted by Gasteiger charge is -2.34. The maximum absolute atomic E-state index is 12.4. The summed E-state index contributed by atoms with van der Waals surface area (Å²) in [5, 5.41) is 10.6. The van der Waals surface area contributed by atoms with Gasteiger partial charge < -0.3 is 4.90 Å². The van der Waals surface area contributed by atoms with Crippen LogP contribution in [0.4, 0.5) is 5.82 Å². The highest BCUT2D eigenvalue weighted by Gasteiger charge is 2.28. The standard InChI is InChI=1S/C19H19N5O2S/c1-22-17(13(10-20)18(25)23(2)19(22)26)24-9-5-6-12(11-24)16-21-14-7-3-4-8-15(14)27-16/h3-4,7-8,12H,5-6,9,11H2,1-2H3/t12-/m1/s1. The first-order valence-corrected chi connectivity index (χ1v) is 9.63. The van der Waals surface area contributed by atoms with E-state index in [0.717, 1.165) is 32.6 Å². The second kappa shape index (κ2) is 6.67. The summed E-state index contributed by atoms with van der Waals surface area (Å²) < 4.78 is 3.54. The lowest BCUT2D eigenvalue weighted by Crippen LogP contribution is -2.45. The van der Waals surface area contributed by atoms with Gasteiger partial charge in [0.1, 0.15) is 11.9 Å². The van der Waals surface area contributed by atoms with Gasteiger partial charge in [-0.1, -0.05) is 12.1 Å². The number of nitrogens with zero attached hydrogens (tertiary/aromatic N) is 5. The second-order valence-electron chi connectivity index (χ2n) is 6.82. The van der Waals surface area contributed by atoms with Crippen molar-refractivity contribution in [3.8, 4) is 6.07 Å². The third-order valence-corrected chi connectivity index (χ3v) is 6.32. The first-order chi connectivity index (χ1) is 13.0. The summed E-state index contributed by atoms with van der Waals surface area (Å²) in [4.78, 5) is 31.5. The molecule has 0 N–H and O–H groups in total. The Morgan fingerprint density at radius 1 is 1.22 bits per heavy atom. The molecule has 1 aliphatic heterocycles. The molecule has 8 heteroatoms. The van der Waals surface area contributed by atoms with E-state index in [9.17, 15) is 14.9 Å². The van der Waals surface area contributed by atoms with Crippen LogP contribution in [-0.2, 0) is 14.1 Å². The molecular formula is C19H19N5O2S. The summed E-state index contributed by atoms with van der Waals surface area (Å²) in [6.45, 7) is 1.34. The van der Waals surface area contributed by atoms with Gasteiger partial charge in [0.05, 0.1) is 15.2 Å². The molecule has 0 saturated carbocycles. The van der Waals surface area contributed by atoms with Gasteiger partial charge in [-0.3, -0.25) is 13.9 Å². The van der Waals surface area contributed by atoms with Crippen LogP contribution in [0, 0.1) is 11.3 Å². The van der Waals surface area contributed by atoms with Crippen LogP contribution in [0.1, 0.15) is 29.3 Å². The normalized spacial score (nSPS) is 17.2. The van der Waals surface area contributed by atoms with Gasteiger partial charge >= 0.3 is 5.69 Å². The Balaban J connectivity index is 1.75. The Bertz CT molecular complexity index is 1150. The highest BCUT2D eigenvalue weighted by molar-refractivity contribution is 7.18. The number of nitriles is 1. The monoisotopic (exact) mass is 381 g/mol. The van der Waals surface area contributed by atoms with Gasteiger partial charge in [-0.25, -0.2) is 9.78 Å². The maximum Gasteiger partial charge on any atom is 0.332 e. The lowest BCUT2D eigenvalue weighted by molar-refractivity contribution is 0.496. The van der Waals surface area contributed by atoms with Crippen LogP contribution in [-0.4, -0.2) is 27.2 Å². The van der Waals surface area contributed by atoms with E-state index in [0.29, 0.717) is 18.9 Å². The number of piperidine rings is 1. The third-order valence-electron chi connectivity index (χ3n) is 5.13. The van der Waals surface area contributed by atoms with Crippen molar-refractivity contribution in [2.45, 2.75) is 18.8 Å². The summed E-state index contributed by atoms with van der Waals surface area (Å²) in [5.74, 6) is 0.623. The smallest absolute Gasteiger partial charge is 0.332 e. The molecule has 0 radical (unpaired) electrons. The number of para-hydroxylation sites is 1. The summed E-state index contributed by atoms with van der Waals surface area (Å²) in [6, 6.07) is 10.1. The van der Waals surface area contributed by atoms with Gasteiger partial charge in [0.15, 0.2) is 5.56 Å². The van der Waals surface area contributed by atoms with Crippen molar-refractivity contribution in [1.29, 1.82) is 5.26 Å². The van der Waals surface area contributed by atoms with E-state index in [1.54, 1.807) is 18.4 Å². The van der Waals surface area contributed by atoms with Gasteiger partial charge in [-0.05, 0) is 25.0 Å². The zero-order valence-electron chi connectivity index (χ0n) is 15.2. The van der Waals surface area contributed by atoms with E-state index in [2.05, 4.69) is 6.07 Å². The molecule has 3 aromatic rings. The minimum absolute atomic E-state index is 0.0181. The van der Waals surface area contributed by atoms with Crippen molar-refractivity contribution < 1.29 is 0 Å². The average Bonchev–Trinajstić information content (AvgIpc) is 3.13. The molecule has 0 amide bonds. The van der Waals surface area contributed by atoms with Gasteiger partial charge in [0.25, 0.3) is 5.56 Å². The Kier molecular flexibility index (Phi) is 4.32. The van der Waals surface area contributed by atoms with Crippen LogP contribution in [0.15, 0.2) is 33.9 Å². The highest BCUT2D eigenvalue weighted by Crippen LogP contribution is 2.34. The lowest BCUT2D eigenvalue weighted by atomic mass is 9.98. The van der Waals surface area contributed by atoms with Gasteiger partial charge in [0, 0.05) is 33.1 Å². The molecule has 1 aliphatic rings. The average molecular weight is 381 g/mol. The molecule has 1 saturated heterocycles. The Labute approximate surface area is 159 Å². The van der Waals surface area contributed by atoms with E-state index in [1.165, 1.54) is 11.6 Å². The fraction of sp³-hybridized carbons (Fsp3) is 0.368. The minimum Gasteiger partial charge on any atom is -0.356 e. The molecule has 138 valence electrons. The van der Waals surface area contributed by atoms with Crippen LogP contribution in [0.5, 0.6) is 0 Å². The van der Waals surface area contributed by atoms with E-state index in [4.69, 9.17) is 4.98 Å². The van der Waals surface area contributed by atoms with E-state index in [-0.39, 0.29) is 11.5 Å². The van der Waals surface area contributed by atoms with Gasteiger partial charge in [-0.15, -0.1) is 11.3 Å². The van der Waals surface area contributed by atoms with Crippen LogP contribution < -0.4 is 16.1 Å². The molecular weight excluding hydrogens is 362 g/mol. The Morgan fingerprint density at radius 2 is 2.00 bits per heavy atom. The van der Waals surface area contributed by atoms with Crippen LogP contribution in [0.2, 0.25) is 0 Å². The van der Waals surface area contributed by atoms with Crippen molar-refractivity contribution in [3.63, 3.8) is 0 Å². The Hall–Kier alpha value is -2.92. The zero-order chi connectivity index (χ0) is 19.1. The molecule has 27 heavy (non-hydrogen) atoms. The number of fused-ring (bicyclic) bond motifs is 1. The van der Waals surface area contributed by atoms with Crippen molar-refractivity contribution >= 4 is 27.4 Å². The number of rotatable bonds is 2. The number of thiazole rings is 1. The van der Waals surface area contributed by atoms with Crippen LogP contribution in [0.3, 0.4) is 0 Å². The van der Waals surface area contributed by atoms with Crippen molar-refractivity contribution in [2.75, 3.05) is 18.0 Å². The number of anilines is 1. The molecule has 0 bridgehead atoms. The van der Waals surface area contributed by atoms with Crippen LogP contribution in [0.25, 0.3) is 10.2 Å². The van der Waals surface area contributed by atoms with E-state index >= 15 is 0 Å². The molecule has 3 heterocycles. The van der Waals surface area contributed by atoms with Crippen molar-refractivity contribution in [1.82, 2.24) is 14.1 Å². The topological polar surface area (TPSA) is 83.9 Å². The van der Waals surface area contributed by atoms with Gasteiger partial charge in [-0.2, -0.15) is 5.26 Å². The molecule has 7 nitrogen and oxygen atoms in total. The number of hydrogen-bond donors (Lipinski definition) is 0. The van der Waals surface area contributed by atoms with E-state index in [1.807, 2.05) is 29.2 Å². The molecule has 4 rings (SSSR count). The minimum atomic E-state index is -0.544. The zero-order valence-corrected chi connectivity index (χ0v) is 16.0. The second-order valence-corrected chi connectivity index (χ2v) is 7.88. The summed E-state index contributed by atoms with van der Waals surface area (Å²) in [7, 11) is 3.01. The van der Waals surface area contributed by atoms with Gasteiger partial charge in [0.2, 0.25) is 0 Å². The predicted molar refractivity (Wildman–Crippen MR) is 105 cm³/mol. The summed E-state index contributed by atoms with van der Waals surface area (Å²) >= 11 is 1.69. The van der Waals surface area contributed by atoms with Crippen molar-refractivity contribution in [3.05, 3.63) is 55.7 Å². The fourth-order valence-electron chi connectivity index (χ4n) is 3.74. The maximum atomic E-state index is 12.4. The summed E-state index contributed by atoms with van der Waals surface area (Å²) in [5.41, 5.74) is 0.0479. The first kappa shape index (κ1) is 17.5. The quantitative estimate of drug-likeness (QED) is 0.677. The molecule has 0 aliphatic carbocycles. The Morgan fingerprint density at radius 3 is 2.74 bits per heavy atom. The number of aromatic nitrogens is 3. The molecule has 1 aromatic carbocycles. The fourth-order valence-corrected chi connectivity index (χ4v) is 4.83. The molecule has 1 fully saturated rings. The third kappa shape index (κ3) is 2.84. The summed E-state index contributed by atoms with van der Waals surface area (Å²) in [6.07, 6.45) is 1.91. The largest absolute Gasteiger partial charge is 0.356 e. The molecule has 1 atom stereocenters. The first-order valence-electron chi connectivity index (χ1n) is 8.81. The number of hydrogen-bond acceptors (Lipinski definition) is 6. The molecule has 0 spiro atoms. The highest BCUT2D eigenvalue weighted by atomic mass is 32.1. The SMILES string of the molecule is Cn1c(N2CCC[C@@H](c3nc4ccccc4s3)C2)c(C#N)c(=O)n(C)c1=O. The number of benzene rings is 1. The van der Waals surface area contributed by atoms with Crippen LogP contribution >= 0.6 is 11.3 Å². The molecule has 2 aromatic heterocycles. The predicted octanol–water partition coefficient (Wildman–Crippen LogP) is 1.95. The molecule has 0 unspecified atom stereocenters. The van der Waals surface area contributed by atoms with E-state index < -0.39 is 11.2 Å². The van der Waals surface area contributed by atoms with Crippen molar-refractivity contribution in [2.24, 2.45) is 14.1 Å².